The molecule has 1 aromatic carbocycles. The molecule has 0 aliphatic rings. The second-order valence-electron chi connectivity index (χ2n) is 3.93. The Balaban J connectivity index is 1.90. The van der Waals surface area contributed by atoms with E-state index in [9.17, 15) is 4.79 Å². The van der Waals surface area contributed by atoms with Crippen LogP contribution in [0.2, 0.25) is 5.02 Å². The summed E-state index contributed by atoms with van der Waals surface area (Å²) in [5, 5.41) is 0.609. The number of anilines is 2. The highest BCUT2D eigenvalue weighted by Gasteiger charge is 2.08. The van der Waals surface area contributed by atoms with E-state index in [2.05, 4.69) is 15.0 Å². The Bertz CT molecular complexity index is 597. The molecule has 0 aliphatic heterocycles. The average Bonchev–Trinajstić information content (AvgIpc) is 2.38. The molecular formula is C12H12ClN5O2. The van der Waals surface area contributed by atoms with E-state index < -0.39 is 5.97 Å². The number of rotatable bonds is 4. The quantitative estimate of drug-likeness (QED) is 0.807. The maximum Gasteiger partial charge on any atom is 0.310 e. The molecule has 1 heterocycles. The van der Waals surface area contributed by atoms with Gasteiger partial charge < -0.3 is 16.2 Å². The van der Waals surface area contributed by atoms with Gasteiger partial charge in [0, 0.05) is 5.02 Å². The van der Waals surface area contributed by atoms with Gasteiger partial charge in [-0.2, -0.15) is 15.0 Å². The highest BCUT2D eigenvalue weighted by Crippen LogP contribution is 2.10. The number of hydrogen-bond donors (Lipinski definition) is 2. The molecule has 2 aromatic rings. The number of nitrogens with zero attached hydrogens (tertiary/aromatic N) is 3. The number of hydrogen-bond acceptors (Lipinski definition) is 7. The minimum absolute atomic E-state index is 0.0127. The molecule has 0 unspecified atom stereocenters. The Labute approximate surface area is 120 Å². The fourth-order valence-corrected chi connectivity index (χ4v) is 1.61. The van der Waals surface area contributed by atoms with E-state index in [1.165, 1.54) is 0 Å². The van der Waals surface area contributed by atoms with Gasteiger partial charge in [0.2, 0.25) is 11.9 Å². The van der Waals surface area contributed by atoms with Crippen LogP contribution in [0.25, 0.3) is 0 Å². The standard InChI is InChI=1S/C12H12ClN5O2/c13-8-3-1-7(2-4-8)5-10(19)20-6-9-16-11(14)18-12(15)17-9/h1-4H,5-6H2,(H4,14,15,16,17,18). The Morgan fingerprint density at radius 3 is 2.30 bits per heavy atom. The first kappa shape index (κ1) is 14.0. The van der Waals surface area contributed by atoms with Crippen molar-refractivity contribution in [2.24, 2.45) is 0 Å². The number of carbonyl (C=O) groups is 1. The molecule has 0 spiro atoms. The minimum Gasteiger partial charge on any atom is -0.457 e. The van der Waals surface area contributed by atoms with Crippen molar-refractivity contribution in [3.63, 3.8) is 0 Å². The van der Waals surface area contributed by atoms with Crippen molar-refractivity contribution >= 4 is 29.5 Å². The van der Waals surface area contributed by atoms with Gasteiger partial charge in [-0.05, 0) is 17.7 Å². The van der Waals surface area contributed by atoms with Crippen molar-refractivity contribution in [3.8, 4) is 0 Å². The van der Waals surface area contributed by atoms with Gasteiger partial charge in [0.05, 0.1) is 6.42 Å². The molecule has 1 aromatic heterocycles. The molecule has 0 saturated heterocycles. The largest absolute Gasteiger partial charge is 0.457 e. The van der Waals surface area contributed by atoms with Crippen molar-refractivity contribution in [1.29, 1.82) is 0 Å². The van der Waals surface area contributed by atoms with Crippen LogP contribution in [0.1, 0.15) is 11.4 Å². The number of carbonyl (C=O) groups excluding carboxylic acids is 1. The first-order valence-electron chi connectivity index (χ1n) is 5.69. The number of ether oxygens (including phenoxy) is 1. The Hall–Kier alpha value is -2.41. The second-order valence-corrected chi connectivity index (χ2v) is 4.37. The van der Waals surface area contributed by atoms with Gasteiger partial charge >= 0.3 is 5.97 Å². The Kier molecular flexibility index (Phi) is 4.31. The van der Waals surface area contributed by atoms with E-state index in [0.717, 1.165) is 5.56 Å². The van der Waals surface area contributed by atoms with Gasteiger partial charge in [-0.15, -0.1) is 0 Å². The third-order valence-corrected chi connectivity index (χ3v) is 2.59. The molecule has 0 radical (unpaired) electrons. The van der Waals surface area contributed by atoms with E-state index in [1.54, 1.807) is 24.3 Å². The summed E-state index contributed by atoms with van der Waals surface area (Å²) in [7, 11) is 0. The third-order valence-electron chi connectivity index (χ3n) is 2.34. The first-order valence-corrected chi connectivity index (χ1v) is 6.06. The summed E-state index contributed by atoms with van der Waals surface area (Å²) in [5.74, 6) is -0.230. The van der Waals surface area contributed by atoms with Crippen LogP contribution in [-0.4, -0.2) is 20.9 Å². The normalized spacial score (nSPS) is 10.2. The molecular weight excluding hydrogens is 282 g/mol. The number of benzene rings is 1. The monoisotopic (exact) mass is 293 g/mol. The molecule has 0 fully saturated rings. The van der Waals surface area contributed by atoms with Crippen LogP contribution in [0.3, 0.4) is 0 Å². The zero-order valence-electron chi connectivity index (χ0n) is 10.4. The summed E-state index contributed by atoms with van der Waals surface area (Å²) in [4.78, 5) is 22.9. The van der Waals surface area contributed by atoms with Crippen LogP contribution in [-0.2, 0) is 22.6 Å². The zero-order chi connectivity index (χ0) is 14.5. The van der Waals surface area contributed by atoms with Gasteiger partial charge in [0.1, 0.15) is 0 Å². The van der Waals surface area contributed by atoms with Gasteiger partial charge in [0.25, 0.3) is 0 Å². The lowest BCUT2D eigenvalue weighted by Gasteiger charge is -2.05. The predicted molar refractivity (Wildman–Crippen MR) is 73.6 cm³/mol. The molecule has 0 bridgehead atoms. The van der Waals surface area contributed by atoms with Gasteiger partial charge in [-0.1, -0.05) is 23.7 Å². The lowest BCUT2D eigenvalue weighted by Crippen LogP contribution is -2.12. The van der Waals surface area contributed by atoms with Gasteiger partial charge in [-0.3, -0.25) is 4.79 Å². The lowest BCUT2D eigenvalue weighted by molar-refractivity contribution is -0.144. The third kappa shape index (κ3) is 4.06. The number of aromatic nitrogens is 3. The van der Waals surface area contributed by atoms with E-state index in [-0.39, 0.29) is 30.7 Å². The van der Waals surface area contributed by atoms with Crippen LogP contribution in [0, 0.1) is 0 Å². The average molecular weight is 294 g/mol. The minimum atomic E-state index is -0.412. The predicted octanol–water partition coefficient (Wildman–Crippen LogP) is 0.975. The van der Waals surface area contributed by atoms with Crippen molar-refractivity contribution in [3.05, 3.63) is 40.7 Å². The molecule has 7 nitrogen and oxygen atoms in total. The summed E-state index contributed by atoms with van der Waals surface area (Å²) in [6, 6.07) is 6.92. The molecule has 0 saturated carbocycles. The SMILES string of the molecule is Nc1nc(N)nc(COC(=O)Cc2ccc(Cl)cc2)n1. The maximum atomic E-state index is 11.7. The smallest absolute Gasteiger partial charge is 0.310 e. The molecule has 8 heteroatoms. The molecule has 0 aliphatic carbocycles. The molecule has 104 valence electrons. The first-order chi connectivity index (χ1) is 9.52. The number of esters is 1. The number of nitrogen functional groups attached to an aromatic ring is 2. The summed E-state index contributed by atoms with van der Waals surface area (Å²) in [6.07, 6.45) is 0.132. The van der Waals surface area contributed by atoms with Gasteiger partial charge in [-0.25, -0.2) is 0 Å². The lowest BCUT2D eigenvalue weighted by atomic mass is 10.1. The fourth-order valence-electron chi connectivity index (χ4n) is 1.49. The molecule has 2 rings (SSSR count). The Morgan fingerprint density at radius 1 is 1.10 bits per heavy atom. The summed E-state index contributed by atoms with van der Waals surface area (Å²) in [5.41, 5.74) is 11.6. The van der Waals surface area contributed by atoms with E-state index in [1.807, 2.05) is 0 Å². The van der Waals surface area contributed by atoms with Gasteiger partial charge in [0.15, 0.2) is 12.4 Å². The summed E-state index contributed by atoms with van der Waals surface area (Å²) in [6.45, 7) is -0.108. The van der Waals surface area contributed by atoms with E-state index in [0.29, 0.717) is 5.02 Å². The van der Waals surface area contributed by atoms with Crippen LogP contribution < -0.4 is 11.5 Å². The van der Waals surface area contributed by atoms with Crippen LogP contribution in [0.5, 0.6) is 0 Å². The fraction of sp³-hybridized carbons (Fsp3) is 0.167. The number of halogens is 1. The maximum absolute atomic E-state index is 11.7. The van der Waals surface area contributed by atoms with Crippen molar-refractivity contribution < 1.29 is 9.53 Å². The highest BCUT2D eigenvalue weighted by molar-refractivity contribution is 6.30. The van der Waals surface area contributed by atoms with Crippen LogP contribution in [0.4, 0.5) is 11.9 Å². The molecule has 0 amide bonds. The Morgan fingerprint density at radius 2 is 1.70 bits per heavy atom. The van der Waals surface area contributed by atoms with Crippen molar-refractivity contribution in [1.82, 2.24) is 15.0 Å². The van der Waals surface area contributed by atoms with Crippen molar-refractivity contribution in [2.75, 3.05) is 11.5 Å². The van der Waals surface area contributed by atoms with Crippen LogP contribution >= 0.6 is 11.6 Å². The second kappa shape index (κ2) is 6.16. The van der Waals surface area contributed by atoms with Crippen molar-refractivity contribution in [2.45, 2.75) is 13.0 Å². The zero-order valence-corrected chi connectivity index (χ0v) is 11.2. The summed E-state index contributed by atoms with van der Waals surface area (Å²) >= 11 is 5.76. The topological polar surface area (TPSA) is 117 Å². The molecule has 4 N–H and O–H groups in total. The summed E-state index contributed by atoms with van der Waals surface area (Å²) < 4.78 is 5.04. The van der Waals surface area contributed by atoms with E-state index >= 15 is 0 Å². The number of nitrogens with two attached hydrogens (primary N) is 2. The van der Waals surface area contributed by atoms with E-state index in [4.69, 9.17) is 27.8 Å². The molecule has 0 atom stereocenters. The molecule has 20 heavy (non-hydrogen) atoms. The highest BCUT2D eigenvalue weighted by atomic mass is 35.5. The van der Waals surface area contributed by atoms with Crippen LogP contribution in [0.15, 0.2) is 24.3 Å².